The van der Waals surface area contributed by atoms with E-state index in [0.29, 0.717) is 32.3 Å². The van der Waals surface area contributed by atoms with E-state index < -0.39 is 4.92 Å². The normalized spacial score (nSPS) is 11.2. The first-order valence-corrected chi connectivity index (χ1v) is 9.42. The van der Waals surface area contributed by atoms with E-state index in [2.05, 4.69) is 15.6 Å². The van der Waals surface area contributed by atoms with E-state index >= 15 is 0 Å². The molecule has 0 spiro atoms. The third-order valence-corrected chi connectivity index (χ3v) is 4.25. The van der Waals surface area contributed by atoms with Gasteiger partial charge in [-0.1, -0.05) is 24.3 Å². The summed E-state index contributed by atoms with van der Waals surface area (Å²) in [5, 5.41) is 17.2. The summed E-state index contributed by atoms with van der Waals surface area (Å²) >= 11 is 0. The minimum absolute atomic E-state index is 0.0775. The molecule has 0 amide bonds. The van der Waals surface area contributed by atoms with Gasteiger partial charge in [-0.15, -0.1) is 0 Å². The summed E-state index contributed by atoms with van der Waals surface area (Å²) in [5.74, 6) is 1.48. The van der Waals surface area contributed by atoms with Gasteiger partial charge in [-0.25, -0.2) is 0 Å². The van der Waals surface area contributed by atoms with Gasteiger partial charge in [0.2, 0.25) is 0 Å². The maximum Gasteiger partial charge on any atom is 0.269 e. The monoisotopic (exact) mass is 400 g/mol. The zero-order chi connectivity index (χ0) is 21.1. The molecule has 8 heteroatoms. The molecule has 0 saturated carbocycles. The number of nitrogens with one attached hydrogen (secondary N) is 2. The molecule has 0 radical (unpaired) electrons. The minimum atomic E-state index is -0.409. The van der Waals surface area contributed by atoms with Crippen molar-refractivity contribution in [3.63, 3.8) is 0 Å². The van der Waals surface area contributed by atoms with Gasteiger partial charge in [-0.3, -0.25) is 15.1 Å². The van der Waals surface area contributed by atoms with Crippen LogP contribution in [0, 0.1) is 17.0 Å². The molecule has 0 fully saturated rings. The second kappa shape index (κ2) is 11.7. The quantitative estimate of drug-likeness (QED) is 0.209. The van der Waals surface area contributed by atoms with Crippen molar-refractivity contribution in [1.29, 1.82) is 0 Å². The number of hydrogen-bond acceptors (Lipinski definition) is 5. The Labute approximate surface area is 171 Å². The molecule has 2 rings (SSSR count). The van der Waals surface area contributed by atoms with Gasteiger partial charge in [0.15, 0.2) is 5.96 Å². The van der Waals surface area contributed by atoms with Crippen LogP contribution in [0.2, 0.25) is 0 Å². The fourth-order valence-electron chi connectivity index (χ4n) is 2.65. The number of rotatable bonds is 10. The van der Waals surface area contributed by atoms with Crippen LogP contribution in [0.25, 0.3) is 0 Å². The van der Waals surface area contributed by atoms with Crippen LogP contribution in [0.15, 0.2) is 47.5 Å². The smallest absolute Gasteiger partial charge is 0.269 e. The molecule has 0 bridgehead atoms. The molecule has 0 aromatic heterocycles. The summed E-state index contributed by atoms with van der Waals surface area (Å²) in [4.78, 5) is 14.6. The number of non-ortho nitro benzene ring substituents is 1. The first-order chi connectivity index (χ1) is 14.0. The molecule has 2 aromatic carbocycles. The molecular weight excluding hydrogens is 372 g/mol. The molecule has 0 aliphatic rings. The molecular formula is C21H28N4O4. The molecule has 0 saturated heterocycles. The summed E-state index contributed by atoms with van der Waals surface area (Å²) in [5.41, 5.74) is 3.17. The minimum Gasteiger partial charge on any atom is -0.493 e. The van der Waals surface area contributed by atoms with Crippen molar-refractivity contribution in [3.05, 3.63) is 69.3 Å². The highest BCUT2D eigenvalue weighted by Crippen LogP contribution is 2.20. The lowest BCUT2D eigenvalue weighted by Gasteiger charge is -2.15. The maximum absolute atomic E-state index is 10.7. The van der Waals surface area contributed by atoms with Gasteiger partial charge >= 0.3 is 0 Å². The second-order valence-electron chi connectivity index (χ2n) is 6.51. The van der Waals surface area contributed by atoms with Crippen LogP contribution >= 0.6 is 0 Å². The Hall–Kier alpha value is -3.13. The van der Waals surface area contributed by atoms with Crippen molar-refractivity contribution in [3.8, 4) is 5.75 Å². The van der Waals surface area contributed by atoms with Crippen molar-refractivity contribution < 1.29 is 14.4 Å². The van der Waals surface area contributed by atoms with E-state index in [0.717, 1.165) is 28.9 Å². The Morgan fingerprint density at radius 1 is 1.10 bits per heavy atom. The third-order valence-electron chi connectivity index (χ3n) is 4.25. The summed E-state index contributed by atoms with van der Waals surface area (Å²) < 4.78 is 11.0. The second-order valence-corrected chi connectivity index (χ2v) is 6.51. The molecule has 2 N–H and O–H groups in total. The Morgan fingerprint density at radius 3 is 2.48 bits per heavy atom. The third kappa shape index (κ3) is 7.42. The number of benzene rings is 2. The lowest BCUT2D eigenvalue weighted by molar-refractivity contribution is -0.384. The van der Waals surface area contributed by atoms with Gasteiger partial charge in [-0.2, -0.15) is 0 Å². The average Bonchev–Trinajstić information content (AvgIpc) is 2.72. The standard InChI is InChI=1S/C21H28N4O4/c1-16-5-8-18(20(13-16)29-12-4-11-28-3)15-24-21(22-2)23-14-17-6-9-19(10-7-17)25(26)27/h5-10,13H,4,11-12,14-15H2,1-3H3,(H2,22,23,24). The molecule has 0 heterocycles. The lowest BCUT2D eigenvalue weighted by atomic mass is 10.1. The fourth-order valence-corrected chi connectivity index (χ4v) is 2.65. The number of nitro benzene ring substituents is 1. The Morgan fingerprint density at radius 2 is 1.83 bits per heavy atom. The summed E-state index contributed by atoms with van der Waals surface area (Å²) in [6.07, 6.45) is 0.829. The van der Waals surface area contributed by atoms with E-state index in [1.165, 1.54) is 12.1 Å². The van der Waals surface area contributed by atoms with Crippen LogP contribution in [0.5, 0.6) is 5.75 Å². The van der Waals surface area contributed by atoms with Crippen molar-refractivity contribution in [1.82, 2.24) is 10.6 Å². The van der Waals surface area contributed by atoms with Crippen LogP contribution < -0.4 is 15.4 Å². The molecule has 8 nitrogen and oxygen atoms in total. The van der Waals surface area contributed by atoms with E-state index in [1.54, 1.807) is 26.3 Å². The fraction of sp³-hybridized carbons (Fsp3) is 0.381. The van der Waals surface area contributed by atoms with Crippen LogP contribution in [0.3, 0.4) is 0 Å². The first kappa shape index (κ1) is 22.2. The summed E-state index contributed by atoms with van der Waals surface area (Å²) in [7, 11) is 3.37. The zero-order valence-corrected chi connectivity index (χ0v) is 17.1. The number of nitrogens with zero attached hydrogens (tertiary/aromatic N) is 2. The van der Waals surface area contributed by atoms with Gasteiger partial charge in [0.25, 0.3) is 5.69 Å². The number of nitro groups is 1. The number of methoxy groups -OCH3 is 1. The van der Waals surface area contributed by atoms with Gasteiger partial charge in [-0.05, 0) is 24.1 Å². The van der Waals surface area contributed by atoms with Crippen molar-refractivity contribution in [2.75, 3.05) is 27.4 Å². The number of aryl methyl sites for hydroxylation is 1. The van der Waals surface area contributed by atoms with Crippen molar-refractivity contribution >= 4 is 11.6 Å². The van der Waals surface area contributed by atoms with Crippen LogP contribution in [0.1, 0.15) is 23.1 Å². The van der Waals surface area contributed by atoms with Crippen LogP contribution in [-0.2, 0) is 17.8 Å². The number of hydrogen-bond donors (Lipinski definition) is 2. The number of ether oxygens (including phenoxy) is 2. The molecule has 156 valence electrons. The molecule has 0 aliphatic heterocycles. The molecule has 0 atom stereocenters. The van der Waals surface area contributed by atoms with Crippen LogP contribution in [-0.4, -0.2) is 38.3 Å². The van der Waals surface area contributed by atoms with E-state index in [-0.39, 0.29) is 5.69 Å². The van der Waals surface area contributed by atoms with E-state index in [9.17, 15) is 10.1 Å². The largest absolute Gasteiger partial charge is 0.493 e. The SMILES string of the molecule is CN=C(NCc1ccc([N+](=O)[O-])cc1)NCc1ccc(C)cc1OCCCOC. The number of guanidine groups is 1. The highest BCUT2D eigenvalue weighted by molar-refractivity contribution is 5.79. The summed E-state index contributed by atoms with van der Waals surface area (Å²) in [6, 6.07) is 12.6. The molecule has 2 aromatic rings. The van der Waals surface area contributed by atoms with E-state index in [4.69, 9.17) is 9.47 Å². The van der Waals surface area contributed by atoms with Gasteiger partial charge in [0, 0.05) is 58.0 Å². The van der Waals surface area contributed by atoms with Crippen molar-refractivity contribution in [2.24, 2.45) is 4.99 Å². The Bertz CT molecular complexity index is 822. The first-order valence-electron chi connectivity index (χ1n) is 9.42. The predicted molar refractivity (Wildman–Crippen MR) is 113 cm³/mol. The Balaban J connectivity index is 1.90. The highest BCUT2D eigenvalue weighted by atomic mass is 16.6. The maximum atomic E-state index is 10.7. The van der Waals surface area contributed by atoms with Crippen LogP contribution in [0.4, 0.5) is 5.69 Å². The molecule has 0 unspecified atom stereocenters. The molecule has 0 aliphatic carbocycles. The number of aliphatic imine (C=N–C) groups is 1. The van der Waals surface area contributed by atoms with Gasteiger partial charge in [0.1, 0.15) is 5.75 Å². The lowest BCUT2D eigenvalue weighted by Crippen LogP contribution is -2.36. The van der Waals surface area contributed by atoms with Crippen molar-refractivity contribution in [2.45, 2.75) is 26.4 Å². The Kier molecular flexibility index (Phi) is 8.91. The van der Waals surface area contributed by atoms with E-state index in [1.807, 2.05) is 25.1 Å². The average molecular weight is 400 g/mol. The van der Waals surface area contributed by atoms with Gasteiger partial charge in [0.05, 0.1) is 11.5 Å². The summed E-state index contributed by atoms with van der Waals surface area (Å²) in [6.45, 7) is 4.35. The van der Waals surface area contributed by atoms with Gasteiger partial charge < -0.3 is 20.1 Å². The molecule has 29 heavy (non-hydrogen) atoms. The zero-order valence-electron chi connectivity index (χ0n) is 17.1. The predicted octanol–water partition coefficient (Wildman–Crippen LogP) is 3.18. The highest BCUT2D eigenvalue weighted by Gasteiger charge is 2.07. The topological polar surface area (TPSA) is 98.0 Å².